The molecule has 7 heteroatoms. The zero-order valence-corrected chi connectivity index (χ0v) is 20.4. The molecule has 1 unspecified atom stereocenters. The first-order valence-corrected chi connectivity index (χ1v) is 12.0. The molecule has 0 saturated heterocycles. The van der Waals surface area contributed by atoms with Crippen molar-refractivity contribution in [3.8, 4) is 0 Å². The molecule has 1 saturated carbocycles. The third-order valence-corrected chi connectivity index (χ3v) is 6.27. The predicted octanol–water partition coefficient (Wildman–Crippen LogP) is 6.34. The van der Waals surface area contributed by atoms with Gasteiger partial charge in [-0.3, -0.25) is 4.79 Å². The minimum atomic E-state index is -0.205. The number of nitrogens with zero attached hydrogens (tertiary/aromatic N) is 3. The first-order valence-electron chi connectivity index (χ1n) is 11.6. The number of methoxy groups -OCH3 is 1. The number of hydrogen-bond acceptors (Lipinski definition) is 6. The van der Waals surface area contributed by atoms with Crippen LogP contribution in [0.25, 0.3) is 0 Å². The maximum atomic E-state index is 11.8. The molecule has 3 rings (SSSR count). The van der Waals surface area contributed by atoms with Crippen molar-refractivity contribution in [3.63, 3.8) is 0 Å². The molecule has 1 fully saturated rings. The van der Waals surface area contributed by atoms with Gasteiger partial charge < -0.3 is 15.0 Å². The van der Waals surface area contributed by atoms with Crippen LogP contribution < -0.4 is 10.2 Å². The lowest BCUT2D eigenvalue weighted by Crippen LogP contribution is -2.39. The van der Waals surface area contributed by atoms with Gasteiger partial charge in [0, 0.05) is 12.6 Å². The van der Waals surface area contributed by atoms with E-state index >= 15 is 0 Å². The van der Waals surface area contributed by atoms with Crippen LogP contribution in [0.3, 0.4) is 0 Å². The Kier molecular flexibility index (Phi) is 8.74. The number of anilines is 3. The molecule has 0 spiro atoms. The van der Waals surface area contributed by atoms with Crippen LogP contribution in [0.1, 0.15) is 70.8 Å². The summed E-state index contributed by atoms with van der Waals surface area (Å²) in [4.78, 5) is 14.4. The number of nitrogens with one attached hydrogen (secondary N) is 1. The van der Waals surface area contributed by atoms with E-state index in [4.69, 9.17) is 16.3 Å². The Morgan fingerprint density at radius 2 is 1.91 bits per heavy atom. The van der Waals surface area contributed by atoms with Crippen LogP contribution in [0.4, 0.5) is 17.2 Å². The van der Waals surface area contributed by atoms with Crippen molar-refractivity contribution in [2.75, 3.05) is 23.9 Å². The molecular formula is C25H35ClN4O2. The highest BCUT2D eigenvalue weighted by Gasteiger charge is 2.25. The Hall–Kier alpha value is -2.34. The van der Waals surface area contributed by atoms with E-state index in [2.05, 4.69) is 52.5 Å². The molecule has 0 aliphatic heterocycles. The summed E-state index contributed by atoms with van der Waals surface area (Å²) in [6.45, 7) is 7.56. The lowest BCUT2D eigenvalue weighted by Gasteiger charge is -2.38. The van der Waals surface area contributed by atoms with E-state index in [1.807, 2.05) is 13.0 Å². The predicted molar refractivity (Wildman–Crippen MR) is 131 cm³/mol. The van der Waals surface area contributed by atoms with Gasteiger partial charge in [-0.05, 0) is 54.5 Å². The van der Waals surface area contributed by atoms with Gasteiger partial charge in [-0.25, -0.2) is 0 Å². The summed E-state index contributed by atoms with van der Waals surface area (Å²) in [5.41, 5.74) is 3.22. The summed E-state index contributed by atoms with van der Waals surface area (Å²) < 4.78 is 4.87. The monoisotopic (exact) mass is 458 g/mol. The summed E-state index contributed by atoms with van der Waals surface area (Å²) in [7, 11) is 1.43. The van der Waals surface area contributed by atoms with Gasteiger partial charge in [0.05, 0.1) is 24.9 Å². The van der Waals surface area contributed by atoms with E-state index in [0.717, 1.165) is 23.5 Å². The van der Waals surface area contributed by atoms with Crippen LogP contribution in [0, 0.1) is 5.92 Å². The molecule has 0 amide bonds. The van der Waals surface area contributed by atoms with E-state index in [-0.39, 0.29) is 11.9 Å². The van der Waals surface area contributed by atoms with E-state index in [0.29, 0.717) is 29.4 Å². The van der Waals surface area contributed by atoms with Crippen molar-refractivity contribution in [2.24, 2.45) is 5.92 Å². The van der Waals surface area contributed by atoms with Crippen LogP contribution in [0.2, 0.25) is 5.15 Å². The molecule has 1 aromatic heterocycles. The van der Waals surface area contributed by atoms with E-state index < -0.39 is 0 Å². The highest BCUT2D eigenvalue weighted by molar-refractivity contribution is 6.29. The second-order valence-corrected chi connectivity index (χ2v) is 9.55. The van der Waals surface area contributed by atoms with Gasteiger partial charge in [0.25, 0.3) is 0 Å². The van der Waals surface area contributed by atoms with Crippen LogP contribution in [-0.4, -0.2) is 35.9 Å². The van der Waals surface area contributed by atoms with Crippen molar-refractivity contribution in [3.05, 3.63) is 41.0 Å². The van der Waals surface area contributed by atoms with Gasteiger partial charge in [0.1, 0.15) is 0 Å². The third kappa shape index (κ3) is 6.58. The zero-order valence-electron chi connectivity index (χ0n) is 19.6. The molecule has 174 valence electrons. The summed E-state index contributed by atoms with van der Waals surface area (Å²) in [6.07, 6.45) is 6.65. The van der Waals surface area contributed by atoms with Crippen LogP contribution in [-0.2, 0) is 9.53 Å². The van der Waals surface area contributed by atoms with Crippen LogP contribution >= 0.6 is 11.6 Å². The normalized spacial score (nSPS) is 15.4. The van der Waals surface area contributed by atoms with Gasteiger partial charge >= 0.3 is 5.97 Å². The van der Waals surface area contributed by atoms with Crippen LogP contribution in [0.5, 0.6) is 0 Å². The van der Waals surface area contributed by atoms with E-state index in [1.165, 1.54) is 39.2 Å². The molecule has 1 atom stereocenters. The fourth-order valence-corrected chi connectivity index (χ4v) is 4.51. The highest BCUT2D eigenvalue weighted by Crippen LogP contribution is 2.37. The number of carbonyl (C=O) groups is 1. The highest BCUT2D eigenvalue weighted by atomic mass is 35.5. The standard InChI is InChI=1S/C25H35ClN4O2/c1-17(2)16-30(20-8-6-5-7-9-20)22-11-10-19(18(3)14-25(31)32-4)15-21(22)27-24-13-12-23(26)28-29-24/h10-13,15,17-18,20H,5-9,14,16H2,1-4H3,(H,27,29). The number of hydrogen-bond donors (Lipinski definition) is 1. The molecule has 6 nitrogen and oxygen atoms in total. The Morgan fingerprint density at radius 1 is 1.16 bits per heavy atom. The van der Waals surface area contributed by atoms with Crippen LogP contribution in [0.15, 0.2) is 30.3 Å². The summed E-state index contributed by atoms with van der Waals surface area (Å²) in [6, 6.07) is 10.5. The average Bonchev–Trinajstić information content (AvgIpc) is 2.79. The van der Waals surface area contributed by atoms with E-state index in [1.54, 1.807) is 6.07 Å². The Labute approximate surface area is 196 Å². The van der Waals surface area contributed by atoms with Gasteiger partial charge in [0.2, 0.25) is 0 Å². The third-order valence-electron chi connectivity index (χ3n) is 6.07. The largest absolute Gasteiger partial charge is 0.469 e. The Morgan fingerprint density at radius 3 is 2.53 bits per heavy atom. The van der Waals surface area contributed by atoms with E-state index in [9.17, 15) is 4.79 Å². The number of aromatic nitrogens is 2. The van der Waals surface area contributed by atoms with Gasteiger partial charge in [0.15, 0.2) is 11.0 Å². The van der Waals surface area contributed by atoms with Crippen molar-refractivity contribution in [1.82, 2.24) is 10.2 Å². The quantitative estimate of drug-likeness (QED) is 0.442. The second-order valence-electron chi connectivity index (χ2n) is 9.16. The SMILES string of the molecule is COC(=O)CC(C)c1ccc(N(CC(C)C)C2CCCCC2)c(Nc2ccc(Cl)nn2)c1. The minimum Gasteiger partial charge on any atom is -0.469 e. The fourth-order valence-electron chi connectivity index (χ4n) is 4.41. The number of carbonyl (C=O) groups excluding carboxylic acids is 1. The number of esters is 1. The molecule has 1 aromatic carbocycles. The molecule has 1 heterocycles. The summed E-state index contributed by atoms with van der Waals surface area (Å²) >= 11 is 5.93. The maximum Gasteiger partial charge on any atom is 0.306 e. The maximum absolute atomic E-state index is 11.8. The van der Waals surface area contributed by atoms with Gasteiger partial charge in [-0.15, -0.1) is 10.2 Å². The lowest BCUT2D eigenvalue weighted by atomic mass is 9.92. The molecule has 1 aliphatic rings. The summed E-state index contributed by atoms with van der Waals surface area (Å²) in [5.74, 6) is 1.02. The van der Waals surface area contributed by atoms with Crippen molar-refractivity contribution < 1.29 is 9.53 Å². The van der Waals surface area contributed by atoms with Crippen molar-refractivity contribution in [2.45, 2.75) is 71.3 Å². The smallest absolute Gasteiger partial charge is 0.306 e. The second kappa shape index (κ2) is 11.5. The zero-order chi connectivity index (χ0) is 23.1. The number of ether oxygens (including phenoxy) is 1. The average molecular weight is 459 g/mol. The molecule has 1 aliphatic carbocycles. The molecule has 0 radical (unpaired) electrons. The summed E-state index contributed by atoms with van der Waals surface area (Å²) in [5, 5.41) is 12.0. The van der Waals surface area contributed by atoms with Crippen molar-refractivity contribution in [1.29, 1.82) is 0 Å². The first-order chi connectivity index (χ1) is 15.4. The number of benzene rings is 1. The topological polar surface area (TPSA) is 67.3 Å². The van der Waals surface area contributed by atoms with Crippen molar-refractivity contribution >= 4 is 34.8 Å². The molecule has 32 heavy (non-hydrogen) atoms. The number of rotatable bonds is 9. The Balaban J connectivity index is 1.99. The molecule has 0 bridgehead atoms. The molecule has 1 N–H and O–H groups in total. The Bertz CT molecular complexity index is 882. The fraction of sp³-hybridized carbons (Fsp3) is 0.560. The van der Waals surface area contributed by atoms with Gasteiger partial charge in [-0.2, -0.15) is 0 Å². The van der Waals surface area contributed by atoms with Gasteiger partial charge in [-0.1, -0.05) is 57.7 Å². The first kappa shape index (κ1) is 24.3. The molecular weight excluding hydrogens is 424 g/mol. The number of halogens is 1. The minimum absolute atomic E-state index is 0.0431. The molecule has 2 aromatic rings. The lowest BCUT2D eigenvalue weighted by molar-refractivity contribution is -0.140.